The van der Waals surface area contributed by atoms with Gasteiger partial charge in [0.1, 0.15) is 29.3 Å². The Balaban J connectivity index is 0.00000216. The molecule has 3 aromatic carbocycles. The topological polar surface area (TPSA) is 63.9 Å². The van der Waals surface area contributed by atoms with Gasteiger partial charge in [-0.3, -0.25) is 4.99 Å². The van der Waals surface area contributed by atoms with Crippen molar-refractivity contribution in [3.05, 3.63) is 95.1 Å². The van der Waals surface area contributed by atoms with Crippen LogP contribution in [0.15, 0.2) is 71.7 Å². The number of aliphatic imine (C=N–C) groups is 1. The van der Waals surface area contributed by atoms with Crippen molar-refractivity contribution in [2.75, 3.05) is 0 Å². The van der Waals surface area contributed by atoms with E-state index in [1.807, 2.05) is 43.3 Å². The molecule has 162 valence electrons. The first-order valence-corrected chi connectivity index (χ1v) is 10.3. The second-order valence-electron chi connectivity index (χ2n) is 7.92. The molecule has 0 fully saturated rings. The van der Waals surface area contributed by atoms with Crippen molar-refractivity contribution >= 4 is 16.8 Å². The van der Waals surface area contributed by atoms with E-state index in [9.17, 15) is 5.11 Å². The Morgan fingerprint density at radius 3 is 2.81 bits per heavy atom. The second-order valence-corrected chi connectivity index (χ2v) is 7.92. The fourth-order valence-electron chi connectivity index (χ4n) is 4.40. The first-order valence-electron chi connectivity index (χ1n) is 10.3. The van der Waals surface area contributed by atoms with Crippen LogP contribution in [0.2, 0.25) is 0 Å². The molecule has 0 saturated heterocycles. The molecule has 0 amide bonds. The summed E-state index contributed by atoms with van der Waals surface area (Å²) in [5.41, 5.74) is 4.79. The summed E-state index contributed by atoms with van der Waals surface area (Å²) in [5, 5.41) is 11.1. The maximum Gasteiger partial charge on any atom is 0.218 e. The molecule has 6 heteroatoms. The molecule has 0 unspecified atom stereocenters. The van der Waals surface area contributed by atoms with Gasteiger partial charge < -0.3 is 14.6 Å². The Morgan fingerprint density at radius 2 is 1.91 bits per heavy atom. The summed E-state index contributed by atoms with van der Waals surface area (Å²) in [5.74, 6) is 1.64. The van der Waals surface area contributed by atoms with Gasteiger partial charge in [-0.1, -0.05) is 48.0 Å². The summed E-state index contributed by atoms with van der Waals surface area (Å²) in [4.78, 5) is 9.31. The third-order valence-electron chi connectivity index (χ3n) is 5.88. The van der Waals surface area contributed by atoms with Crippen LogP contribution in [-0.4, -0.2) is 22.1 Å². The molecule has 0 saturated carbocycles. The van der Waals surface area contributed by atoms with Crippen LogP contribution in [0.25, 0.3) is 10.9 Å². The molecule has 0 bridgehead atoms. The zero-order valence-electron chi connectivity index (χ0n) is 17.2. The van der Waals surface area contributed by atoms with Gasteiger partial charge in [0.2, 0.25) is 5.88 Å². The molecular formula is C26H19N2O3Pt-. The molecular weight excluding hydrogens is 583 g/mol. The Bertz CT molecular complexity index is 1370. The molecule has 1 aliphatic heterocycles. The first-order chi connectivity index (χ1) is 15.2. The average molecular weight is 603 g/mol. The van der Waals surface area contributed by atoms with Crippen molar-refractivity contribution in [1.82, 2.24) is 4.98 Å². The number of phenols is 1. The van der Waals surface area contributed by atoms with E-state index in [0.717, 1.165) is 22.9 Å². The monoisotopic (exact) mass is 602 g/mol. The molecule has 1 aromatic heterocycles. The molecule has 1 aliphatic carbocycles. The fourth-order valence-corrected chi connectivity index (χ4v) is 4.40. The summed E-state index contributed by atoms with van der Waals surface area (Å²) in [6.45, 7) is 1.97. The van der Waals surface area contributed by atoms with Crippen molar-refractivity contribution in [3.8, 4) is 17.4 Å². The van der Waals surface area contributed by atoms with E-state index in [2.05, 4.69) is 29.2 Å². The third kappa shape index (κ3) is 3.47. The van der Waals surface area contributed by atoms with Gasteiger partial charge in [-0.2, -0.15) is 0 Å². The molecule has 0 radical (unpaired) electrons. The predicted molar refractivity (Wildman–Crippen MR) is 118 cm³/mol. The van der Waals surface area contributed by atoms with Crippen LogP contribution in [0.1, 0.15) is 28.3 Å². The zero-order chi connectivity index (χ0) is 20.9. The Labute approximate surface area is 200 Å². The number of rotatable bonds is 3. The molecule has 2 heterocycles. The van der Waals surface area contributed by atoms with Crippen molar-refractivity contribution in [3.63, 3.8) is 0 Å². The Hall–Kier alpha value is -3.17. The van der Waals surface area contributed by atoms with E-state index >= 15 is 0 Å². The summed E-state index contributed by atoms with van der Waals surface area (Å²) >= 11 is 0. The minimum Gasteiger partial charge on any atom is -0.514 e. The van der Waals surface area contributed by atoms with Crippen molar-refractivity contribution in [2.24, 2.45) is 4.99 Å². The van der Waals surface area contributed by atoms with Crippen LogP contribution in [0, 0.1) is 13.0 Å². The fraction of sp³-hybridized carbons (Fsp3) is 0.154. The van der Waals surface area contributed by atoms with E-state index in [-0.39, 0.29) is 39.0 Å². The third-order valence-corrected chi connectivity index (χ3v) is 5.88. The standard InChI is InChI=1S/C26H19N2O3.Pt/c1-15-12-23(27-24-19(15)10-5-11-21(24)29)30-18-8-4-7-17(13-18)26-28-25-20-9-3-2-6-16(20)14-22(25)31-26;/h2-12,22,25,29H,14H2,1H3;/q-1;/t22-,25+;/m1./s1. The van der Waals surface area contributed by atoms with Crippen LogP contribution in [0.4, 0.5) is 0 Å². The number of hydrogen-bond donors (Lipinski definition) is 1. The summed E-state index contributed by atoms with van der Waals surface area (Å²) < 4.78 is 12.2. The van der Waals surface area contributed by atoms with Crippen molar-refractivity contribution < 1.29 is 35.6 Å². The van der Waals surface area contributed by atoms with E-state index in [1.54, 1.807) is 12.1 Å². The molecule has 32 heavy (non-hydrogen) atoms. The number of aryl methyl sites for hydroxylation is 1. The van der Waals surface area contributed by atoms with Crippen LogP contribution >= 0.6 is 0 Å². The van der Waals surface area contributed by atoms with E-state index in [0.29, 0.717) is 23.0 Å². The van der Waals surface area contributed by atoms with Gasteiger partial charge in [-0.25, -0.2) is 4.98 Å². The maximum absolute atomic E-state index is 10.2. The number of aromatic nitrogens is 1. The second kappa shape index (κ2) is 8.07. The van der Waals surface area contributed by atoms with Crippen molar-refractivity contribution in [1.29, 1.82) is 0 Å². The zero-order valence-corrected chi connectivity index (χ0v) is 19.5. The number of hydrogen-bond acceptors (Lipinski definition) is 5. The van der Waals surface area contributed by atoms with Gasteiger partial charge in [0.05, 0.1) is 0 Å². The number of fused-ring (bicyclic) bond motifs is 4. The number of benzene rings is 3. The van der Waals surface area contributed by atoms with E-state index in [4.69, 9.17) is 14.5 Å². The van der Waals surface area contributed by atoms with Gasteiger partial charge in [-0.05, 0) is 29.7 Å². The quantitative estimate of drug-likeness (QED) is 0.324. The number of para-hydroxylation sites is 1. The molecule has 2 atom stereocenters. The van der Waals surface area contributed by atoms with E-state index < -0.39 is 0 Å². The average Bonchev–Trinajstić information content (AvgIpc) is 3.33. The number of pyridine rings is 1. The number of phenolic OH excluding ortho intramolecular Hbond substituents is 1. The van der Waals surface area contributed by atoms with E-state index in [1.165, 1.54) is 11.1 Å². The maximum atomic E-state index is 10.2. The smallest absolute Gasteiger partial charge is 0.218 e. The first kappa shape index (κ1) is 20.7. The predicted octanol–water partition coefficient (Wildman–Crippen LogP) is 5.28. The molecule has 2 aliphatic rings. The minimum absolute atomic E-state index is 0. The molecule has 5 nitrogen and oxygen atoms in total. The summed E-state index contributed by atoms with van der Waals surface area (Å²) in [7, 11) is 0. The normalized spacial score (nSPS) is 18.3. The van der Waals surface area contributed by atoms with Gasteiger partial charge in [0.25, 0.3) is 0 Å². The van der Waals surface area contributed by atoms with Crippen LogP contribution < -0.4 is 4.74 Å². The van der Waals surface area contributed by atoms with Gasteiger partial charge >= 0.3 is 0 Å². The molecule has 6 rings (SSSR count). The summed E-state index contributed by atoms with van der Waals surface area (Å²) in [6, 6.07) is 24.5. The SMILES string of the molecule is Cc1cc(Oc2[c-]c(C3=N[C@H]4c5ccccc5C[C@H]4O3)ccc2)nc2c(O)cccc12.[Pt]. The Kier molecular flexibility index (Phi) is 5.22. The molecule has 4 aromatic rings. The number of nitrogens with zero attached hydrogens (tertiary/aromatic N) is 2. The minimum atomic E-state index is 0. The van der Waals surface area contributed by atoms with Crippen LogP contribution in [0.5, 0.6) is 17.4 Å². The number of ether oxygens (including phenoxy) is 2. The van der Waals surface area contributed by atoms with Crippen molar-refractivity contribution in [2.45, 2.75) is 25.5 Å². The molecule has 1 N–H and O–H groups in total. The van der Waals surface area contributed by atoms with Crippen LogP contribution in [-0.2, 0) is 32.2 Å². The largest absolute Gasteiger partial charge is 0.514 e. The van der Waals surface area contributed by atoms with Crippen LogP contribution in [0.3, 0.4) is 0 Å². The Morgan fingerprint density at radius 1 is 1.06 bits per heavy atom. The number of aromatic hydroxyl groups is 1. The summed E-state index contributed by atoms with van der Waals surface area (Å²) in [6.07, 6.45) is 0.909. The molecule has 0 spiro atoms. The van der Waals surface area contributed by atoms with Gasteiger partial charge in [-0.15, -0.1) is 18.2 Å². The van der Waals surface area contributed by atoms with Gasteiger partial charge in [0.15, 0.2) is 0 Å². The van der Waals surface area contributed by atoms with Gasteiger partial charge in [0, 0.05) is 44.7 Å².